The SMILES string of the molecule is CCOC(=O)N1CCN(c2ccc(NCC(C)C)cc2C#N)CC1. The van der Waals surface area contributed by atoms with Crippen LogP contribution in [0.2, 0.25) is 0 Å². The smallest absolute Gasteiger partial charge is 0.409 e. The van der Waals surface area contributed by atoms with E-state index < -0.39 is 0 Å². The molecule has 130 valence electrons. The second kappa shape index (κ2) is 8.44. The van der Waals surface area contributed by atoms with Crippen LogP contribution < -0.4 is 10.2 Å². The average molecular weight is 330 g/mol. The van der Waals surface area contributed by atoms with Crippen LogP contribution in [0.5, 0.6) is 0 Å². The topological polar surface area (TPSA) is 68.6 Å². The minimum atomic E-state index is -0.258. The van der Waals surface area contributed by atoms with Crippen LogP contribution in [-0.2, 0) is 4.74 Å². The fourth-order valence-electron chi connectivity index (χ4n) is 2.68. The zero-order valence-corrected chi connectivity index (χ0v) is 14.7. The molecule has 1 aliphatic heterocycles. The number of nitriles is 1. The van der Waals surface area contributed by atoms with Crippen LogP contribution in [0.4, 0.5) is 16.2 Å². The third-order valence-electron chi connectivity index (χ3n) is 3.98. The summed E-state index contributed by atoms with van der Waals surface area (Å²) in [6, 6.07) is 8.18. The molecule has 0 saturated carbocycles. The van der Waals surface area contributed by atoms with E-state index >= 15 is 0 Å². The number of rotatable bonds is 5. The van der Waals surface area contributed by atoms with E-state index in [4.69, 9.17) is 4.74 Å². The van der Waals surface area contributed by atoms with Gasteiger partial charge in [-0.2, -0.15) is 5.26 Å². The first-order valence-electron chi connectivity index (χ1n) is 8.49. The lowest BCUT2D eigenvalue weighted by molar-refractivity contribution is 0.105. The van der Waals surface area contributed by atoms with Gasteiger partial charge in [0, 0.05) is 38.4 Å². The highest BCUT2D eigenvalue weighted by atomic mass is 16.6. The van der Waals surface area contributed by atoms with Gasteiger partial charge in [-0.15, -0.1) is 0 Å². The lowest BCUT2D eigenvalue weighted by Gasteiger charge is -2.35. The van der Waals surface area contributed by atoms with Crippen molar-refractivity contribution in [2.24, 2.45) is 5.92 Å². The highest BCUT2D eigenvalue weighted by Gasteiger charge is 2.23. The van der Waals surface area contributed by atoms with Gasteiger partial charge in [-0.1, -0.05) is 13.8 Å². The lowest BCUT2D eigenvalue weighted by atomic mass is 10.1. The molecule has 1 aliphatic rings. The van der Waals surface area contributed by atoms with Crippen molar-refractivity contribution in [3.8, 4) is 6.07 Å². The fourth-order valence-corrected chi connectivity index (χ4v) is 2.68. The van der Waals surface area contributed by atoms with Crippen molar-refractivity contribution in [2.75, 3.05) is 49.5 Å². The van der Waals surface area contributed by atoms with Crippen LogP contribution in [0, 0.1) is 17.2 Å². The second-order valence-electron chi connectivity index (χ2n) is 6.29. The molecule has 0 radical (unpaired) electrons. The quantitative estimate of drug-likeness (QED) is 0.899. The largest absolute Gasteiger partial charge is 0.450 e. The molecule has 1 fully saturated rings. The summed E-state index contributed by atoms with van der Waals surface area (Å²) in [4.78, 5) is 15.6. The van der Waals surface area contributed by atoms with Crippen LogP contribution >= 0.6 is 0 Å². The maximum absolute atomic E-state index is 11.8. The molecular formula is C18H26N4O2. The predicted octanol–water partition coefficient (Wildman–Crippen LogP) is 2.90. The monoisotopic (exact) mass is 330 g/mol. The number of amides is 1. The van der Waals surface area contributed by atoms with Gasteiger partial charge in [0.05, 0.1) is 17.9 Å². The number of carbonyl (C=O) groups excluding carboxylic acids is 1. The fraction of sp³-hybridized carbons (Fsp3) is 0.556. The Bertz CT molecular complexity index is 602. The maximum Gasteiger partial charge on any atom is 0.409 e. The highest BCUT2D eigenvalue weighted by Crippen LogP contribution is 2.25. The number of ether oxygens (including phenoxy) is 1. The van der Waals surface area contributed by atoms with E-state index in [9.17, 15) is 10.1 Å². The van der Waals surface area contributed by atoms with Gasteiger partial charge in [-0.05, 0) is 31.0 Å². The number of nitrogens with one attached hydrogen (secondary N) is 1. The first-order chi connectivity index (χ1) is 11.5. The third-order valence-corrected chi connectivity index (χ3v) is 3.98. The zero-order valence-electron chi connectivity index (χ0n) is 14.7. The van der Waals surface area contributed by atoms with Crippen LogP contribution in [0.3, 0.4) is 0 Å². The first-order valence-corrected chi connectivity index (χ1v) is 8.49. The van der Waals surface area contributed by atoms with Gasteiger partial charge in [0.1, 0.15) is 6.07 Å². The molecule has 24 heavy (non-hydrogen) atoms. The summed E-state index contributed by atoms with van der Waals surface area (Å²) in [5, 5.41) is 12.8. The standard InChI is InChI=1S/C18H26N4O2/c1-4-24-18(23)22-9-7-21(8-10-22)17-6-5-16(11-15(17)12-19)20-13-14(2)3/h5-6,11,14,20H,4,7-10,13H2,1-3H3. The maximum atomic E-state index is 11.8. The van der Waals surface area contributed by atoms with Crippen LogP contribution in [0.15, 0.2) is 18.2 Å². The molecule has 1 N–H and O–H groups in total. The van der Waals surface area contributed by atoms with E-state index in [1.165, 1.54) is 0 Å². The van der Waals surface area contributed by atoms with Gasteiger partial charge in [0.2, 0.25) is 0 Å². The summed E-state index contributed by atoms with van der Waals surface area (Å²) in [6.07, 6.45) is -0.258. The number of nitrogens with zero attached hydrogens (tertiary/aromatic N) is 3. The van der Waals surface area contributed by atoms with Crippen molar-refractivity contribution >= 4 is 17.5 Å². The number of piperazine rings is 1. The Morgan fingerprint density at radius 1 is 1.33 bits per heavy atom. The molecule has 0 spiro atoms. The van der Waals surface area contributed by atoms with Gasteiger partial charge in [-0.25, -0.2) is 4.79 Å². The Labute approximate surface area is 144 Å². The number of benzene rings is 1. The molecule has 1 heterocycles. The molecule has 0 atom stereocenters. The van der Waals surface area contributed by atoms with E-state index in [0.717, 1.165) is 17.9 Å². The molecule has 0 aliphatic carbocycles. The van der Waals surface area contributed by atoms with Crippen molar-refractivity contribution in [3.63, 3.8) is 0 Å². The predicted molar refractivity (Wildman–Crippen MR) is 95.3 cm³/mol. The Kier molecular flexibility index (Phi) is 6.30. The number of hydrogen-bond donors (Lipinski definition) is 1. The molecule has 0 bridgehead atoms. The van der Waals surface area contributed by atoms with Crippen molar-refractivity contribution in [1.29, 1.82) is 5.26 Å². The Morgan fingerprint density at radius 3 is 2.62 bits per heavy atom. The van der Waals surface area contributed by atoms with E-state index in [1.807, 2.05) is 25.1 Å². The van der Waals surface area contributed by atoms with Crippen molar-refractivity contribution in [2.45, 2.75) is 20.8 Å². The molecule has 0 unspecified atom stereocenters. The first kappa shape index (κ1) is 17.9. The molecule has 2 rings (SSSR count). The Hall–Kier alpha value is -2.42. The van der Waals surface area contributed by atoms with E-state index in [1.54, 1.807) is 4.90 Å². The third kappa shape index (κ3) is 4.54. The summed E-state index contributed by atoms with van der Waals surface area (Å²) in [5.41, 5.74) is 2.55. The molecule has 1 saturated heterocycles. The summed E-state index contributed by atoms with van der Waals surface area (Å²) >= 11 is 0. The Morgan fingerprint density at radius 2 is 2.04 bits per heavy atom. The minimum absolute atomic E-state index is 0.258. The van der Waals surface area contributed by atoms with Gasteiger partial charge in [0.25, 0.3) is 0 Å². The van der Waals surface area contributed by atoms with Crippen LogP contribution in [-0.4, -0.2) is 50.3 Å². The minimum Gasteiger partial charge on any atom is -0.450 e. The molecule has 6 heteroatoms. The van der Waals surface area contributed by atoms with E-state index in [2.05, 4.69) is 30.1 Å². The molecule has 1 aromatic rings. The van der Waals surface area contributed by atoms with Crippen LogP contribution in [0.25, 0.3) is 0 Å². The van der Waals surface area contributed by atoms with Gasteiger partial charge < -0.3 is 19.9 Å². The van der Waals surface area contributed by atoms with Crippen LogP contribution in [0.1, 0.15) is 26.3 Å². The summed E-state index contributed by atoms with van der Waals surface area (Å²) < 4.78 is 5.04. The second-order valence-corrected chi connectivity index (χ2v) is 6.29. The molecule has 1 amide bonds. The highest BCUT2D eigenvalue weighted by molar-refractivity contribution is 5.69. The van der Waals surface area contributed by atoms with Gasteiger partial charge in [-0.3, -0.25) is 0 Å². The van der Waals surface area contributed by atoms with Gasteiger partial charge >= 0.3 is 6.09 Å². The molecular weight excluding hydrogens is 304 g/mol. The van der Waals surface area contributed by atoms with Gasteiger partial charge in [0.15, 0.2) is 0 Å². The van der Waals surface area contributed by atoms with Crippen molar-refractivity contribution in [3.05, 3.63) is 23.8 Å². The molecule has 6 nitrogen and oxygen atoms in total. The van der Waals surface area contributed by atoms with Crippen molar-refractivity contribution < 1.29 is 9.53 Å². The zero-order chi connectivity index (χ0) is 17.5. The summed E-state index contributed by atoms with van der Waals surface area (Å²) in [6.45, 7) is 9.99. The van der Waals surface area contributed by atoms with Crippen molar-refractivity contribution in [1.82, 2.24) is 4.90 Å². The van der Waals surface area contributed by atoms with E-state index in [-0.39, 0.29) is 6.09 Å². The molecule has 0 aromatic heterocycles. The summed E-state index contributed by atoms with van der Waals surface area (Å²) in [7, 11) is 0. The number of hydrogen-bond acceptors (Lipinski definition) is 5. The normalized spacial score (nSPS) is 14.5. The van der Waals surface area contributed by atoms with E-state index in [0.29, 0.717) is 44.3 Å². The average Bonchev–Trinajstić information content (AvgIpc) is 2.60. The Balaban J connectivity index is 2.02. The number of carbonyl (C=O) groups is 1. The molecule has 1 aromatic carbocycles. The summed E-state index contributed by atoms with van der Waals surface area (Å²) in [5.74, 6) is 0.547. The lowest BCUT2D eigenvalue weighted by Crippen LogP contribution is -2.49. The number of anilines is 2.